The molecule has 1 unspecified atom stereocenters. The van der Waals surface area contributed by atoms with E-state index in [0.29, 0.717) is 30.0 Å². The quantitative estimate of drug-likeness (QED) is 0.742. The Morgan fingerprint density at radius 2 is 2.15 bits per heavy atom. The van der Waals surface area contributed by atoms with Crippen LogP contribution in [0.3, 0.4) is 0 Å². The van der Waals surface area contributed by atoms with Crippen LogP contribution in [-0.2, 0) is 11.2 Å². The van der Waals surface area contributed by atoms with E-state index in [2.05, 4.69) is 15.0 Å². The lowest BCUT2D eigenvalue weighted by molar-refractivity contribution is -0.131. The van der Waals surface area contributed by atoms with Crippen molar-refractivity contribution in [3.63, 3.8) is 0 Å². The lowest BCUT2D eigenvalue weighted by Gasteiger charge is -2.24. The molecule has 3 N–H and O–H groups in total. The molecular formula is C20H21N5O2. The number of fused-ring (bicyclic) bond motifs is 1. The number of carbonyl (C=O) groups is 2. The van der Waals surface area contributed by atoms with Crippen molar-refractivity contribution in [2.75, 3.05) is 6.54 Å². The number of amides is 2. The molecule has 0 bridgehead atoms. The number of nitrogens with two attached hydrogens (primary N) is 1. The summed E-state index contributed by atoms with van der Waals surface area (Å²) in [6.07, 6.45) is 5.41. The maximum atomic E-state index is 13.0. The van der Waals surface area contributed by atoms with Gasteiger partial charge in [0.2, 0.25) is 5.91 Å². The summed E-state index contributed by atoms with van der Waals surface area (Å²) in [5, 5.41) is 1.07. The molecule has 0 saturated carbocycles. The predicted molar refractivity (Wildman–Crippen MR) is 101 cm³/mol. The first-order valence-corrected chi connectivity index (χ1v) is 9.02. The van der Waals surface area contributed by atoms with Crippen molar-refractivity contribution in [1.82, 2.24) is 19.9 Å². The smallest absolute Gasteiger partial charge is 0.252 e. The first-order chi connectivity index (χ1) is 13.0. The Morgan fingerprint density at radius 3 is 2.93 bits per heavy atom. The molecule has 1 atom stereocenters. The number of likely N-dealkylation sites (tertiary alicyclic amines) is 1. The predicted octanol–water partition coefficient (Wildman–Crippen LogP) is 2.27. The van der Waals surface area contributed by atoms with Gasteiger partial charge in [0, 0.05) is 29.8 Å². The average Bonchev–Trinajstić information content (AvgIpc) is 3.29. The number of aryl methyl sites for hydroxylation is 1. The van der Waals surface area contributed by atoms with E-state index in [1.54, 1.807) is 6.92 Å². The fourth-order valence-corrected chi connectivity index (χ4v) is 3.76. The number of H-pyrrole nitrogens is 1. The summed E-state index contributed by atoms with van der Waals surface area (Å²) in [4.78, 5) is 38.2. The van der Waals surface area contributed by atoms with Gasteiger partial charge in [-0.15, -0.1) is 0 Å². The number of hydrogen-bond donors (Lipinski definition) is 2. The lowest BCUT2D eigenvalue weighted by atomic mass is 10.1. The molecule has 3 aromatic rings. The van der Waals surface area contributed by atoms with Crippen LogP contribution in [0.1, 0.15) is 46.3 Å². The van der Waals surface area contributed by atoms with Crippen LogP contribution in [0.15, 0.2) is 36.7 Å². The normalized spacial score (nSPS) is 16.8. The summed E-state index contributed by atoms with van der Waals surface area (Å²) in [7, 11) is 0. The van der Waals surface area contributed by atoms with E-state index in [-0.39, 0.29) is 11.9 Å². The minimum atomic E-state index is -0.544. The fourth-order valence-electron chi connectivity index (χ4n) is 3.76. The van der Waals surface area contributed by atoms with E-state index >= 15 is 0 Å². The number of aromatic amines is 1. The highest BCUT2D eigenvalue weighted by Crippen LogP contribution is 2.31. The molecular weight excluding hydrogens is 342 g/mol. The molecule has 0 spiro atoms. The number of aromatic nitrogens is 3. The van der Waals surface area contributed by atoms with Gasteiger partial charge >= 0.3 is 0 Å². The molecule has 4 rings (SSSR count). The van der Waals surface area contributed by atoms with Crippen molar-refractivity contribution in [2.24, 2.45) is 5.73 Å². The van der Waals surface area contributed by atoms with Gasteiger partial charge in [-0.2, -0.15) is 0 Å². The molecule has 1 aromatic carbocycles. The Hall–Kier alpha value is -3.22. The van der Waals surface area contributed by atoms with Gasteiger partial charge in [-0.25, -0.2) is 9.97 Å². The molecule has 138 valence electrons. The summed E-state index contributed by atoms with van der Waals surface area (Å²) < 4.78 is 0. The second-order valence-electron chi connectivity index (χ2n) is 6.87. The van der Waals surface area contributed by atoms with Gasteiger partial charge in [-0.1, -0.05) is 18.2 Å². The van der Waals surface area contributed by atoms with E-state index in [1.807, 2.05) is 35.4 Å². The van der Waals surface area contributed by atoms with E-state index in [9.17, 15) is 9.59 Å². The first kappa shape index (κ1) is 17.2. The molecule has 0 radical (unpaired) electrons. The second-order valence-corrected chi connectivity index (χ2v) is 6.87. The van der Waals surface area contributed by atoms with E-state index < -0.39 is 5.91 Å². The van der Waals surface area contributed by atoms with Gasteiger partial charge in [0.1, 0.15) is 0 Å². The molecule has 1 saturated heterocycles. The van der Waals surface area contributed by atoms with Crippen molar-refractivity contribution in [2.45, 2.75) is 32.2 Å². The molecule has 2 amide bonds. The number of nitrogens with zero attached hydrogens (tertiary/aromatic N) is 3. The van der Waals surface area contributed by atoms with E-state index in [0.717, 1.165) is 29.3 Å². The molecule has 1 fully saturated rings. The van der Waals surface area contributed by atoms with Crippen LogP contribution >= 0.6 is 0 Å². The minimum absolute atomic E-state index is 0.0579. The van der Waals surface area contributed by atoms with Crippen LogP contribution in [0.25, 0.3) is 10.9 Å². The highest BCUT2D eigenvalue weighted by atomic mass is 16.2. The lowest BCUT2D eigenvalue weighted by Crippen LogP contribution is -2.33. The molecule has 2 aromatic heterocycles. The third-order valence-electron chi connectivity index (χ3n) is 5.15. The van der Waals surface area contributed by atoms with Crippen molar-refractivity contribution in [3.05, 3.63) is 59.3 Å². The molecule has 1 aliphatic heterocycles. The summed E-state index contributed by atoms with van der Waals surface area (Å²) >= 11 is 0. The Labute approximate surface area is 156 Å². The van der Waals surface area contributed by atoms with Crippen LogP contribution < -0.4 is 5.73 Å². The number of rotatable bonds is 4. The number of para-hydroxylation sites is 1. The third kappa shape index (κ3) is 3.16. The topological polar surface area (TPSA) is 105 Å². The standard InChI is InChI=1S/C20H21N5O2/c1-12-15(19(21)27)11-23-20(24-12)17-7-4-8-25(17)18(26)9-13-10-22-16-6-3-2-5-14(13)16/h2-3,5-6,10-11,17,22H,4,7-9H2,1H3,(H2,21,27). The number of nitrogens with one attached hydrogen (secondary N) is 1. The van der Waals surface area contributed by atoms with Crippen LogP contribution in [0.2, 0.25) is 0 Å². The van der Waals surface area contributed by atoms with E-state index in [4.69, 9.17) is 5.73 Å². The SMILES string of the molecule is Cc1nc(C2CCCN2C(=O)Cc2c[nH]c3ccccc23)ncc1C(N)=O. The van der Waals surface area contributed by atoms with E-state index in [1.165, 1.54) is 6.20 Å². The molecule has 7 nitrogen and oxygen atoms in total. The van der Waals surface area contributed by atoms with Crippen molar-refractivity contribution >= 4 is 22.7 Å². The molecule has 3 heterocycles. The average molecular weight is 363 g/mol. The minimum Gasteiger partial charge on any atom is -0.365 e. The Morgan fingerprint density at radius 1 is 1.33 bits per heavy atom. The number of hydrogen-bond acceptors (Lipinski definition) is 4. The summed E-state index contributed by atoms with van der Waals surface area (Å²) in [6.45, 7) is 2.42. The molecule has 27 heavy (non-hydrogen) atoms. The Balaban J connectivity index is 1.57. The van der Waals surface area contributed by atoms with Gasteiger partial charge in [-0.05, 0) is 31.4 Å². The van der Waals surface area contributed by atoms with Crippen LogP contribution in [-0.4, -0.2) is 38.2 Å². The number of carbonyl (C=O) groups excluding carboxylic acids is 2. The van der Waals surface area contributed by atoms with Crippen LogP contribution in [0.5, 0.6) is 0 Å². The number of benzene rings is 1. The maximum absolute atomic E-state index is 13.0. The van der Waals surface area contributed by atoms with Crippen LogP contribution in [0.4, 0.5) is 0 Å². The highest BCUT2D eigenvalue weighted by Gasteiger charge is 2.32. The molecule has 0 aliphatic carbocycles. The highest BCUT2D eigenvalue weighted by molar-refractivity contribution is 5.93. The molecule has 1 aliphatic rings. The van der Waals surface area contributed by atoms with Gasteiger partial charge in [0.15, 0.2) is 5.82 Å². The van der Waals surface area contributed by atoms with Crippen molar-refractivity contribution < 1.29 is 9.59 Å². The van der Waals surface area contributed by atoms with Crippen molar-refractivity contribution in [1.29, 1.82) is 0 Å². The van der Waals surface area contributed by atoms with Gasteiger partial charge in [0.25, 0.3) is 5.91 Å². The van der Waals surface area contributed by atoms with Crippen LogP contribution in [0, 0.1) is 6.92 Å². The third-order valence-corrected chi connectivity index (χ3v) is 5.15. The van der Waals surface area contributed by atoms with Gasteiger partial charge < -0.3 is 15.6 Å². The van der Waals surface area contributed by atoms with Crippen molar-refractivity contribution in [3.8, 4) is 0 Å². The largest absolute Gasteiger partial charge is 0.365 e. The monoisotopic (exact) mass is 363 g/mol. The Bertz CT molecular complexity index is 1030. The zero-order valence-electron chi connectivity index (χ0n) is 15.1. The molecule has 7 heteroatoms. The first-order valence-electron chi connectivity index (χ1n) is 9.02. The van der Waals surface area contributed by atoms with Gasteiger partial charge in [0.05, 0.1) is 23.7 Å². The van der Waals surface area contributed by atoms with Gasteiger partial charge in [-0.3, -0.25) is 9.59 Å². The fraction of sp³-hybridized carbons (Fsp3) is 0.300. The summed E-state index contributed by atoms with van der Waals surface area (Å²) in [5.41, 5.74) is 8.20. The zero-order chi connectivity index (χ0) is 19.0. The Kier molecular flexibility index (Phi) is 4.35. The zero-order valence-corrected chi connectivity index (χ0v) is 15.1. The maximum Gasteiger partial charge on any atom is 0.252 e. The number of primary amides is 1. The summed E-state index contributed by atoms with van der Waals surface area (Å²) in [5.74, 6) is 0.0856. The summed E-state index contributed by atoms with van der Waals surface area (Å²) in [6, 6.07) is 7.79. The second kappa shape index (κ2) is 6.83.